The van der Waals surface area contributed by atoms with Gasteiger partial charge >= 0.3 is 0 Å². The summed E-state index contributed by atoms with van der Waals surface area (Å²) in [6.45, 7) is 1.98. The summed E-state index contributed by atoms with van der Waals surface area (Å²) in [5.41, 5.74) is 8.88. The molecule has 0 bridgehead atoms. The Labute approximate surface area is 206 Å². The lowest BCUT2D eigenvalue weighted by Crippen LogP contribution is -2.35. The van der Waals surface area contributed by atoms with Crippen molar-refractivity contribution in [3.63, 3.8) is 0 Å². The summed E-state index contributed by atoms with van der Waals surface area (Å²) in [5, 5.41) is 12.8. The van der Waals surface area contributed by atoms with Crippen molar-refractivity contribution in [2.24, 2.45) is 0 Å². The van der Waals surface area contributed by atoms with Crippen LogP contribution in [0.15, 0.2) is 64.1 Å². The number of nitrogens with zero attached hydrogens (tertiary/aromatic N) is 4. The molecule has 34 heavy (non-hydrogen) atoms. The second kappa shape index (κ2) is 10.8. The van der Waals surface area contributed by atoms with Crippen molar-refractivity contribution in [3.05, 3.63) is 65.2 Å². The van der Waals surface area contributed by atoms with E-state index < -0.39 is 0 Å². The highest BCUT2D eigenvalue weighted by Gasteiger charge is 2.24. The van der Waals surface area contributed by atoms with E-state index in [0.717, 1.165) is 18.4 Å². The molecule has 0 saturated heterocycles. The number of halogens is 1. The van der Waals surface area contributed by atoms with E-state index in [2.05, 4.69) is 32.7 Å². The first-order valence-electron chi connectivity index (χ1n) is 10.8. The maximum Gasteiger partial charge on any atom is 0.264 e. The molecule has 0 fully saturated rings. The first kappa shape index (κ1) is 23.8. The standard InChI is InChI=1S/C24H25ClN6O2S/c1-15(8-9-16-6-4-3-5-7-16)27-19(32)14-31-21(26)20(24(29-31)34-2)23-28-22(30-33-23)17-10-12-18(25)13-11-17/h3-7,10-13,15H,8-9,14,26H2,1-2H3,(H,27,32)/t15-/m0/s1. The van der Waals surface area contributed by atoms with Crippen molar-refractivity contribution < 1.29 is 9.32 Å². The number of thioether (sulfide) groups is 1. The molecule has 0 aliphatic heterocycles. The van der Waals surface area contributed by atoms with E-state index in [1.54, 1.807) is 12.1 Å². The number of rotatable bonds is 9. The number of benzene rings is 2. The Bertz CT molecular complexity index is 1260. The van der Waals surface area contributed by atoms with Gasteiger partial charge in [0.25, 0.3) is 5.89 Å². The van der Waals surface area contributed by atoms with Crippen molar-refractivity contribution in [1.29, 1.82) is 0 Å². The first-order valence-corrected chi connectivity index (χ1v) is 12.4. The van der Waals surface area contributed by atoms with Gasteiger partial charge in [-0.15, -0.1) is 11.8 Å². The van der Waals surface area contributed by atoms with E-state index in [0.29, 0.717) is 27.3 Å². The number of hydrogen-bond donors (Lipinski definition) is 2. The molecule has 8 nitrogen and oxygen atoms in total. The fourth-order valence-electron chi connectivity index (χ4n) is 3.51. The van der Waals surface area contributed by atoms with E-state index in [4.69, 9.17) is 21.9 Å². The van der Waals surface area contributed by atoms with Gasteiger partial charge in [-0.3, -0.25) is 4.79 Å². The lowest BCUT2D eigenvalue weighted by Gasteiger charge is -2.14. The molecule has 1 atom stereocenters. The van der Waals surface area contributed by atoms with Crippen molar-refractivity contribution >= 4 is 35.1 Å². The molecule has 0 unspecified atom stereocenters. The first-order chi connectivity index (χ1) is 16.4. The van der Waals surface area contributed by atoms with Gasteiger partial charge < -0.3 is 15.6 Å². The van der Waals surface area contributed by atoms with Crippen molar-refractivity contribution in [3.8, 4) is 22.8 Å². The van der Waals surface area contributed by atoms with Crippen LogP contribution in [0, 0.1) is 0 Å². The van der Waals surface area contributed by atoms with Crippen LogP contribution < -0.4 is 11.1 Å². The summed E-state index contributed by atoms with van der Waals surface area (Å²) >= 11 is 7.34. The minimum atomic E-state index is -0.165. The molecule has 2 heterocycles. The summed E-state index contributed by atoms with van der Waals surface area (Å²) in [7, 11) is 0. The van der Waals surface area contributed by atoms with Gasteiger partial charge in [-0.05, 0) is 55.9 Å². The second-order valence-electron chi connectivity index (χ2n) is 7.85. The zero-order valence-corrected chi connectivity index (χ0v) is 20.4. The molecular formula is C24H25ClN6O2S. The Balaban J connectivity index is 1.44. The molecule has 0 aliphatic rings. The van der Waals surface area contributed by atoms with E-state index in [1.807, 2.05) is 43.5 Å². The molecule has 4 rings (SSSR count). The molecule has 2 aromatic carbocycles. The largest absolute Gasteiger partial charge is 0.383 e. The van der Waals surface area contributed by atoms with E-state index >= 15 is 0 Å². The van der Waals surface area contributed by atoms with Crippen LogP contribution in [0.5, 0.6) is 0 Å². The maximum atomic E-state index is 12.7. The van der Waals surface area contributed by atoms with Crippen molar-refractivity contribution in [1.82, 2.24) is 25.2 Å². The Morgan fingerprint density at radius 2 is 1.94 bits per heavy atom. The number of anilines is 1. The highest BCUT2D eigenvalue weighted by Crippen LogP contribution is 2.34. The van der Waals surface area contributed by atoms with Gasteiger partial charge in [-0.2, -0.15) is 10.1 Å². The van der Waals surface area contributed by atoms with Gasteiger partial charge in [0.2, 0.25) is 11.7 Å². The molecule has 3 N–H and O–H groups in total. The van der Waals surface area contributed by atoms with Gasteiger partial charge in [0.1, 0.15) is 23.0 Å². The van der Waals surface area contributed by atoms with Crippen LogP contribution >= 0.6 is 23.4 Å². The average Bonchev–Trinajstić information content (AvgIpc) is 3.43. The minimum Gasteiger partial charge on any atom is -0.383 e. The fourth-order valence-corrected chi connectivity index (χ4v) is 4.22. The molecule has 0 saturated carbocycles. The zero-order valence-electron chi connectivity index (χ0n) is 18.9. The highest BCUT2D eigenvalue weighted by atomic mass is 35.5. The number of carbonyl (C=O) groups is 1. The Kier molecular flexibility index (Phi) is 7.54. The number of carbonyl (C=O) groups excluding carboxylic acids is 1. The lowest BCUT2D eigenvalue weighted by molar-refractivity contribution is -0.122. The lowest BCUT2D eigenvalue weighted by atomic mass is 10.1. The second-order valence-corrected chi connectivity index (χ2v) is 9.08. The van der Waals surface area contributed by atoms with Gasteiger partial charge in [0.05, 0.1) is 0 Å². The predicted molar refractivity (Wildman–Crippen MR) is 135 cm³/mol. The summed E-state index contributed by atoms with van der Waals surface area (Å²) in [6.07, 6.45) is 3.60. The summed E-state index contributed by atoms with van der Waals surface area (Å²) in [4.78, 5) is 17.1. The van der Waals surface area contributed by atoms with E-state index in [-0.39, 0.29) is 24.4 Å². The van der Waals surface area contributed by atoms with Crippen LogP contribution in [0.3, 0.4) is 0 Å². The number of nitrogen functional groups attached to an aromatic ring is 1. The topological polar surface area (TPSA) is 112 Å². The summed E-state index contributed by atoms with van der Waals surface area (Å²) in [5.74, 6) is 0.787. The molecule has 176 valence electrons. The quantitative estimate of drug-likeness (QED) is 0.323. The van der Waals surface area contributed by atoms with Gasteiger partial charge in [0.15, 0.2) is 0 Å². The third-order valence-corrected chi connectivity index (χ3v) is 6.23. The van der Waals surface area contributed by atoms with Crippen LogP contribution in [-0.4, -0.2) is 38.1 Å². The van der Waals surface area contributed by atoms with Gasteiger partial charge in [-0.1, -0.05) is 47.1 Å². The third kappa shape index (κ3) is 5.60. The Morgan fingerprint density at radius 3 is 2.65 bits per heavy atom. The van der Waals surface area contributed by atoms with E-state index in [1.165, 1.54) is 22.0 Å². The molecule has 4 aromatic rings. The van der Waals surface area contributed by atoms with Crippen molar-refractivity contribution in [2.75, 3.05) is 12.0 Å². The smallest absolute Gasteiger partial charge is 0.264 e. The number of aromatic nitrogens is 4. The molecule has 0 radical (unpaired) electrons. The van der Waals surface area contributed by atoms with Crippen LogP contribution in [-0.2, 0) is 17.8 Å². The van der Waals surface area contributed by atoms with Crippen LogP contribution in [0.1, 0.15) is 18.9 Å². The summed E-state index contributed by atoms with van der Waals surface area (Å²) in [6, 6.07) is 17.3. The minimum absolute atomic E-state index is 0.00670. The van der Waals surface area contributed by atoms with Crippen molar-refractivity contribution in [2.45, 2.75) is 37.4 Å². The number of nitrogens with one attached hydrogen (secondary N) is 1. The van der Waals surface area contributed by atoms with E-state index in [9.17, 15) is 4.79 Å². The van der Waals surface area contributed by atoms with Gasteiger partial charge in [-0.25, -0.2) is 4.68 Å². The molecular weight excluding hydrogens is 472 g/mol. The Hall–Kier alpha value is -3.30. The number of aryl methyl sites for hydroxylation is 1. The zero-order chi connectivity index (χ0) is 24.1. The molecule has 0 aliphatic carbocycles. The van der Waals surface area contributed by atoms with Crippen LogP contribution in [0.2, 0.25) is 5.02 Å². The molecule has 10 heteroatoms. The predicted octanol–water partition coefficient (Wildman–Crippen LogP) is 4.70. The SMILES string of the molecule is CSc1nn(CC(=O)N[C@@H](C)CCc2ccccc2)c(N)c1-c1nc(-c2ccc(Cl)cc2)no1. The molecule has 2 aromatic heterocycles. The Morgan fingerprint density at radius 1 is 1.21 bits per heavy atom. The molecule has 1 amide bonds. The maximum absolute atomic E-state index is 12.7. The van der Waals surface area contributed by atoms with Gasteiger partial charge in [0, 0.05) is 16.6 Å². The third-order valence-electron chi connectivity index (χ3n) is 5.30. The fraction of sp³-hybridized carbons (Fsp3) is 0.250. The van der Waals surface area contributed by atoms with Crippen LogP contribution in [0.4, 0.5) is 5.82 Å². The normalized spacial score (nSPS) is 12.0. The number of nitrogens with two attached hydrogens (primary N) is 1. The molecule has 0 spiro atoms. The number of amides is 1. The highest BCUT2D eigenvalue weighted by molar-refractivity contribution is 7.98. The monoisotopic (exact) mass is 496 g/mol. The van der Waals surface area contributed by atoms with Crippen LogP contribution in [0.25, 0.3) is 22.8 Å². The number of hydrogen-bond acceptors (Lipinski definition) is 7. The summed E-state index contributed by atoms with van der Waals surface area (Å²) < 4.78 is 6.94. The average molecular weight is 497 g/mol.